The van der Waals surface area contributed by atoms with Gasteiger partial charge >= 0.3 is 0 Å². The van der Waals surface area contributed by atoms with Crippen molar-refractivity contribution < 1.29 is 19.1 Å². The molecule has 192 valence electrons. The molecule has 0 radical (unpaired) electrons. The number of halogens is 2. The number of nitrogens with one attached hydrogen (secondary N) is 1. The molecule has 6 nitrogen and oxygen atoms in total. The minimum Gasteiger partial charge on any atom is -0.481 e. The van der Waals surface area contributed by atoms with E-state index >= 15 is 0 Å². The Kier molecular flexibility index (Phi) is 7.15. The van der Waals surface area contributed by atoms with Crippen LogP contribution in [0.1, 0.15) is 55.6 Å². The fourth-order valence-electron chi connectivity index (χ4n) is 5.54. The van der Waals surface area contributed by atoms with Crippen LogP contribution in [0.15, 0.2) is 58.9 Å². The van der Waals surface area contributed by atoms with Crippen molar-refractivity contribution in [1.82, 2.24) is 4.90 Å². The SMILES string of the molecule is Cc1ccc(NC(=O)COc2c(Cl)cc(C3C4=C(CCCC4=O)N(C)C4=C3C(=O)CCC4)cc2Cl)cc1. The van der Waals surface area contributed by atoms with Crippen LogP contribution in [-0.2, 0) is 14.4 Å². The van der Waals surface area contributed by atoms with Crippen LogP contribution in [0, 0.1) is 6.92 Å². The van der Waals surface area contributed by atoms with E-state index in [1.807, 2.05) is 38.2 Å². The predicted molar refractivity (Wildman–Crippen MR) is 144 cm³/mol. The first-order valence-corrected chi connectivity index (χ1v) is 13.2. The Labute approximate surface area is 226 Å². The quantitative estimate of drug-likeness (QED) is 0.479. The number of allylic oxidation sites excluding steroid dienone is 4. The molecule has 37 heavy (non-hydrogen) atoms. The Morgan fingerprint density at radius 2 is 1.49 bits per heavy atom. The summed E-state index contributed by atoms with van der Waals surface area (Å²) in [6.45, 7) is 1.69. The highest BCUT2D eigenvalue weighted by molar-refractivity contribution is 6.37. The molecule has 0 fully saturated rings. The first kappa shape index (κ1) is 25.6. The number of carbonyl (C=O) groups is 3. The number of rotatable bonds is 5. The number of benzene rings is 2. The molecule has 5 rings (SSSR count). The zero-order valence-electron chi connectivity index (χ0n) is 20.8. The van der Waals surface area contributed by atoms with Crippen molar-refractivity contribution in [2.75, 3.05) is 19.0 Å². The molecule has 3 aliphatic rings. The molecular weight excluding hydrogens is 511 g/mol. The number of amides is 1. The lowest BCUT2D eigenvalue weighted by Crippen LogP contribution is -2.37. The Morgan fingerprint density at radius 1 is 0.946 bits per heavy atom. The molecule has 0 bridgehead atoms. The van der Waals surface area contributed by atoms with Crippen LogP contribution < -0.4 is 10.1 Å². The monoisotopic (exact) mass is 538 g/mol. The number of hydrogen-bond acceptors (Lipinski definition) is 5. The van der Waals surface area contributed by atoms with Crippen molar-refractivity contribution in [1.29, 1.82) is 0 Å². The summed E-state index contributed by atoms with van der Waals surface area (Å²) >= 11 is 13.2. The van der Waals surface area contributed by atoms with E-state index in [2.05, 4.69) is 10.2 Å². The normalized spacial score (nSPS) is 18.1. The number of hydrogen-bond donors (Lipinski definition) is 1. The molecule has 0 unspecified atom stereocenters. The van der Waals surface area contributed by atoms with Crippen LogP contribution in [0.25, 0.3) is 0 Å². The van der Waals surface area contributed by atoms with E-state index in [9.17, 15) is 14.4 Å². The summed E-state index contributed by atoms with van der Waals surface area (Å²) in [5, 5.41) is 3.22. The minimum atomic E-state index is -0.504. The van der Waals surface area contributed by atoms with Gasteiger partial charge < -0.3 is 15.0 Å². The van der Waals surface area contributed by atoms with E-state index in [0.29, 0.717) is 35.2 Å². The molecule has 2 aliphatic carbocycles. The maximum absolute atomic E-state index is 13.2. The number of ketones is 2. The third-order valence-electron chi connectivity index (χ3n) is 7.28. The second-order valence-corrected chi connectivity index (χ2v) is 10.6. The smallest absolute Gasteiger partial charge is 0.262 e. The average molecular weight is 539 g/mol. The van der Waals surface area contributed by atoms with Gasteiger partial charge in [0.2, 0.25) is 0 Å². The molecule has 0 saturated carbocycles. The van der Waals surface area contributed by atoms with E-state index in [0.717, 1.165) is 42.6 Å². The molecule has 1 amide bonds. The lowest BCUT2D eigenvalue weighted by molar-refractivity contribution is -0.118. The second kappa shape index (κ2) is 10.3. The third kappa shape index (κ3) is 4.92. The molecule has 2 aromatic rings. The van der Waals surface area contributed by atoms with Crippen molar-refractivity contribution in [3.63, 3.8) is 0 Å². The Morgan fingerprint density at radius 3 is 2.03 bits per heavy atom. The minimum absolute atomic E-state index is 0.0587. The molecule has 0 saturated heterocycles. The summed E-state index contributed by atoms with van der Waals surface area (Å²) in [6.07, 6.45) is 4.08. The third-order valence-corrected chi connectivity index (χ3v) is 7.84. The Balaban J connectivity index is 1.44. The summed E-state index contributed by atoms with van der Waals surface area (Å²) in [7, 11) is 1.95. The Hall–Kier alpha value is -3.09. The van der Waals surface area contributed by atoms with Crippen LogP contribution in [0.3, 0.4) is 0 Å². The lowest BCUT2D eigenvalue weighted by atomic mass is 9.71. The van der Waals surface area contributed by atoms with Gasteiger partial charge in [-0.25, -0.2) is 0 Å². The van der Waals surface area contributed by atoms with Gasteiger partial charge in [-0.15, -0.1) is 0 Å². The molecule has 1 aliphatic heterocycles. The molecule has 8 heteroatoms. The predicted octanol–water partition coefficient (Wildman–Crippen LogP) is 6.36. The average Bonchev–Trinajstić information content (AvgIpc) is 2.86. The van der Waals surface area contributed by atoms with Crippen molar-refractivity contribution in [3.8, 4) is 5.75 Å². The van der Waals surface area contributed by atoms with Crippen LogP contribution in [-0.4, -0.2) is 36.0 Å². The summed E-state index contributed by atoms with van der Waals surface area (Å²) in [4.78, 5) is 40.8. The van der Waals surface area contributed by atoms with Gasteiger partial charge in [-0.3, -0.25) is 14.4 Å². The van der Waals surface area contributed by atoms with Crippen LogP contribution in [0.4, 0.5) is 5.69 Å². The van der Waals surface area contributed by atoms with Crippen molar-refractivity contribution in [3.05, 3.63) is 80.1 Å². The number of nitrogens with zero attached hydrogens (tertiary/aromatic N) is 1. The van der Waals surface area contributed by atoms with Crippen LogP contribution in [0.5, 0.6) is 5.75 Å². The van der Waals surface area contributed by atoms with Gasteiger partial charge in [0.25, 0.3) is 5.91 Å². The van der Waals surface area contributed by atoms with Crippen LogP contribution in [0.2, 0.25) is 10.0 Å². The summed E-state index contributed by atoms with van der Waals surface area (Å²) in [6, 6.07) is 10.8. The van der Waals surface area contributed by atoms with E-state index < -0.39 is 5.92 Å². The van der Waals surface area contributed by atoms with E-state index in [1.54, 1.807) is 12.1 Å². The van der Waals surface area contributed by atoms with E-state index in [1.165, 1.54) is 0 Å². The molecule has 0 aromatic heterocycles. The fourth-order valence-corrected chi connectivity index (χ4v) is 6.15. The van der Waals surface area contributed by atoms with Gasteiger partial charge in [0.15, 0.2) is 23.9 Å². The number of anilines is 1. The topological polar surface area (TPSA) is 75.7 Å². The first-order valence-electron chi connectivity index (χ1n) is 12.5. The standard InChI is InChI=1S/C29H28Cl2N2O4/c1-16-9-11-18(12-10-16)32-25(36)15-37-29-19(30)13-17(14-20(29)31)26-27-21(5-3-7-23(27)34)33(2)22-6-4-8-24(35)28(22)26/h9-14,26H,3-8,15H2,1-2H3,(H,32,36). The second-order valence-electron chi connectivity index (χ2n) is 9.78. The van der Waals surface area contributed by atoms with Gasteiger partial charge in [-0.2, -0.15) is 0 Å². The van der Waals surface area contributed by atoms with Gasteiger partial charge in [-0.1, -0.05) is 40.9 Å². The highest BCUT2D eigenvalue weighted by atomic mass is 35.5. The van der Waals surface area contributed by atoms with E-state index in [4.69, 9.17) is 27.9 Å². The van der Waals surface area contributed by atoms with Crippen molar-refractivity contribution >= 4 is 46.4 Å². The highest BCUT2D eigenvalue weighted by Gasteiger charge is 2.42. The molecule has 0 spiro atoms. The lowest BCUT2D eigenvalue weighted by Gasteiger charge is -2.42. The molecule has 1 N–H and O–H groups in total. The number of carbonyl (C=O) groups excluding carboxylic acids is 3. The number of Topliss-reactive ketones (excluding diaryl/α,β-unsaturated/α-hetero) is 2. The zero-order chi connectivity index (χ0) is 26.3. The summed E-state index contributed by atoms with van der Waals surface area (Å²) < 4.78 is 5.70. The molecular formula is C29H28Cl2N2O4. The zero-order valence-corrected chi connectivity index (χ0v) is 22.3. The van der Waals surface area contributed by atoms with Gasteiger partial charge in [0, 0.05) is 54.0 Å². The molecule has 0 atom stereocenters. The summed E-state index contributed by atoms with van der Waals surface area (Å²) in [5.74, 6) is -0.546. The van der Waals surface area contributed by atoms with Gasteiger partial charge in [-0.05, 0) is 62.4 Å². The summed E-state index contributed by atoms with van der Waals surface area (Å²) in [5.41, 5.74) is 5.74. The maximum Gasteiger partial charge on any atom is 0.262 e. The number of ether oxygens (including phenoxy) is 1. The largest absolute Gasteiger partial charge is 0.481 e. The Bertz CT molecular complexity index is 1290. The molecule has 2 aromatic carbocycles. The first-order chi connectivity index (χ1) is 17.7. The fraction of sp³-hybridized carbons (Fsp3) is 0.345. The van der Waals surface area contributed by atoms with Crippen LogP contribution >= 0.6 is 23.2 Å². The van der Waals surface area contributed by atoms with Crippen molar-refractivity contribution in [2.24, 2.45) is 0 Å². The maximum atomic E-state index is 13.2. The number of aryl methyl sites for hydroxylation is 1. The van der Waals surface area contributed by atoms with E-state index in [-0.39, 0.29) is 39.9 Å². The highest BCUT2D eigenvalue weighted by Crippen LogP contribution is 2.50. The molecule has 1 heterocycles. The van der Waals surface area contributed by atoms with Gasteiger partial charge in [0.05, 0.1) is 10.0 Å². The van der Waals surface area contributed by atoms with Crippen molar-refractivity contribution in [2.45, 2.75) is 51.4 Å². The van der Waals surface area contributed by atoms with Gasteiger partial charge in [0.1, 0.15) is 0 Å².